The fraction of sp³-hybridized carbons (Fsp3) is 0.583. The lowest BCUT2D eigenvalue weighted by atomic mass is 9.84. The molecule has 0 fully saturated rings. The summed E-state index contributed by atoms with van der Waals surface area (Å²) >= 11 is 0. The molecule has 1 aromatic carbocycles. The minimum absolute atomic E-state index is 0.0451. The number of anilines is 1. The summed E-state index contributed by atoms with van der Waals surface area (Å²) < 4.78 is 1.88. The number of amides is 1. The predicted octanol–water partition coefficient (Wildman–Crippen LogP) is 6.19. The van der Waals surface area contributed by atoms with Gasteiger partial charge in [-0.15, -0.1) is 0 Å². The van der Waals surface area contributed by atoms with Crippen LogP contribution in [0.5, 0.6) is 0 Å². The first kappa shape index (κ1) is 22.2. The summed E-state index contributed by atoms with van der Waals surface area (Å²) in [4.78, 5) is 12.8. The van der Waals surface area contributed by atoms with Gasteiger partial charge in [-0.3, -0.25) is 4.79 Å². The molecule has 2 aromatic rings. The van der Waals surface area contributed by atoms with Gasteiger partial charge in [0.05, 0.1) is 11.4 Å². The monoisotopic (exact) mass is 383 g/mol. The highest BCUT2D eigenvalue weighted by atomic mass is 16.1. The Balaban J connectivity index is 2.34. The van der Waals surface area contributed by atoms with Crippen LogP contribution in [0.15, 0.2) is 24.3 Å². The van der Waals surface area contributed by atoms with Gasteiger partial charge in [0.1, 0.15) is 5.82 Å². The first-order chi connectivity index (χ1) is 12.8. The lowest BCUT2D eigenvalue weighted by Gasteiger charge is -2.22. The van der Waals surface area contributed by atoms with E-state index in [1.807, 2.05) is 16.8 Å². The van der Waals surface area contributed by atoms with Crippen LogP contribution >= 0.6 is 0 Å². The minimum Gasteiger partial charge on any atom is -0.311 e. The molecular weight excluding hydrogens is 346 g/mol. The van der Waals surface area contributed by atoms with Crippen molar-refractivity contribution in [3.05, 3.63) is 41.1 Å². The molecule has 1 aromatic heterocycles. The van der Waals surface area contributed by atoms with E-state index in [9.17, 15) is 4.79 Å². The van der Waals surface area contributed by atoms with Gasteiger partial charge < -0.3 is 5.32 Å². The van der Waals surface area contributed by atoms with Crippen LogP contribution in [0.1, 0.15) is 78.1 Å². The summed E-state index contributed by atoms with van der Waals surface area (Å²) in [6.07, 6.45) is 1.53. The second-order valence-corrected chi connectivity index (χ2v) is 10.4. The summed E-state index contributed by atoms with van der Waals surface area (Å²) in [5.41, 5.74) is 4.48. The molecule has 0 aliphatic carbocycles. The van der Waals surface area contributed by atoms with Gasteiger partial charge in [-0.05, 0) is 48.8 Å². The molecule has 154 valence electrons. The van der Waals surface area contributed by atoms with Crippen molar-refractivity contribution in [3.63, 3.8) is 0 Å². The quantitative estimate of drug-likeness (QED) is 0.669. The number of rotatable bonds is 5. The van der Waals surface area contributed by atoms with E-state index in [2.05, 4.69) is 79.8 Å². The number of aryl methyl sites for hydroxylation is 1. The van der Waals surface area contributed by atoms with Crippen molar-refractivity contribution in [2.45, 2.75) is 80.6 Å². The van der Waals surface area contributed by atoms with Gasteiger partial charge >= 0.3 is 0 Å². The van der Waals surface area contributed by atoms with Crippen molar-refractivity contribution in [1.82, 2.24) is 9.78 Å². The third kappa shape index (κ3) is 5.70. The standard InChI is InChI=1S/C24H37N3O/c1-16(15-23(4,5)6)13-22(28)25-21-14-20(24(7,8)9)26-27(21)19-12-10-11-17(2)18(19)3/h10-12,14,16H,13,15H2,1-9H3,(H,25,28). The van der Waals surface area contributed by atoms with Crippen LogP contribution in [0.4, 0.5) is 5.82 Å². The van der Waals surface area contributed by atoms with Crippen molar-refractivity contribution in [2.75, 3.05) is 5.32 Å². The summed E-state index contributed by atoms with van der Waals surface area (Å²) in [6.45, 7) is 19.4. The van der Waals surface area contributed by atoms with Crippen LogP contribution in [-0.4, -0.2) is 15.7 Å². The van der Waals surface area contributed by atoms with E-state index in [1.54, 1.807) is 0 Å². The number of carbonyl (C=O) groups is 1. The molecule has 0 radical (unpaired) electrons. The fourth-order valence-electron chi connectivity index (χ4n) is 3.61. The molecule has 1 atom stereocenters. The Morgan fingerprint density at radius 1 is 1.14 bits per heavy atom. The molecule has 4 nitrogen and oxygen atoms in total. The Kier molecular flexibility index (Phi) is 6.42. The molecule has 1 unspecified atom stereocenters. The summed E-state index contributed by atoms with van der Waals surface area (Å²) in [7, 11) is 0. The Labute approximate surface area is 170 Å². The molecule has 0 saturated carbocycles. The normalized spacial score (nSPS) is 13.5. The SMILES string of the molecule is Cc1cccc(-n2nc(C(C)(C)C)cc2NC(=O)CC(C)CC(C)(C)C)c1C. The van der Waals surface area contributed by atoms with E-state index in [1.165, 1.54) is 11.1 Å². The zero-order valence-electron chi connectivity index (χ0n) is 19.1. The Morgan fingerprint density at radius 2 is 1.79 bits per heavy atom. The highest BCUT2D eigenvalue weighted by Gasteiger charge is 2.23. The molecule has 0 aliphatic heterocycles. The van der Waals surface area contributed by atoms with Crippen LogP contribution in [0.3, 0.4) is 0 Å². The van der Waals surface area contributed by atoms with E-state index >= 15 is 0 Å². The van der Waals surface area contributed by atoms with Gasteiger partial charge in [-0.2, -0.15) is 5.10 Å². The average Bonchev–Trinajstić information content (AvgIpc) is 2.91. The first-order valence-corrected chi connectivity index (χ1v) is 10.2. The van der Waals surface area contributed by atoms with Gasteiger partial charge in [-0.1, -0.05) is 60.6 Å². The molecule has 1 heterocycles. The zero-order chi connectivity index (χ0) is 21.3. The molecular formula is C24H37N3O. The number of nitrogens with one attached hydrogen (secondary N) is 1. The molecule has 0 spiro atoms. The topological polar surface area (TPSA) is 46.9 Å². The molecule has 0 saturated heterocycles. The maximum Gasteiger partial charge on any atom is 0.225 e. The first-order valence-electron chi connectivity index (χ1n) is 10.2. The van der Waals surface area contributed by atoms with Gasteiger partial charge in [0.2, 0.25) is 5.91 Å². The highest BCUT2D eigenvalue weighted by Crippen LogP contribution is 2.29. The predicted molar refractivity (Wildman–Crippen MR) is 118 cm³/mol. The molecule has 2 rings (SSSR count). The van der Waals surface area contributed by atoms with Gasteiger partial charge in [-0.25, -0.2) is 4.68 Å². The second kappa shape index (κ2) is 8.10. The zero-order valence-corrected chi connectivity index (χ0v) is 19.1. The van der Waals surface area contributed by atoms with Crippen molar-refractivity contribution in [3.8, 4) is 5.69 Å². The average molecular weight is 384 g/mol. The smallest absolute Gasteiger partial charge is 0.225 e. The maximum atomic E-state index is 12.8. The maximum absolute atomic E-state index is 12.8. The van der Waals surface area contributed by atoms with E-state index in [0.29, 0.717) is 12.3 Å². The van der Waals surface area contributed by atoms with E-state index in [0.717, 1.165) is 23.6 Å². The summed E-state index contributed by atoms with van der Waals surface area (Å²) in [5.74, 6) is 1.12. The molecule has 4 heteroatoms. The van der Waals surface area contributed by atoms with E-state index < -0.39 is 0 Å². The number of benzene rings is 1. The van der Waals surface area contributed by atoms with Crippen molar-refractivity contribution in [1.29, 1.82) is 0 Å². The van der Waals surface area contributed by atoms with E-state index in [4.69, 9.17) is 5.10 Å². The van der Waals surface area contributed by atoms with Crippen molar-refractivity contribution >= 4 is 11.7 Å². The molecule has 0 aliphatic rings. The van der Waals surface area contributed by atoms with Crippen LogP contribution in [-0.2, 0) is 10.2 Å². The van der Waals surface area contributed by atoms with Gasteiger partial charge in [0.25, 0.3) is 0 Å². The number of carbonyl (C=O) groups excluding carboxylic acids is 1. The van der Waals surface area contributed by atoms with Crippen molar-refractivity contribution < 1.29 is 4.79 Å². The number of hydrogen-bond acceptors (Lipinski definition) is 2. The molecule has 0 bridgehead atoms. The Hall–Kier alpha value is -2.10. The second-order valence-electron chi connectivity index (χ2n) is 10.4. The van der Waals surface area contributed by atoms with E-state index in [-0.39, 0.29) is 16.7 Å². The number of aromatic nitrogens is 2. The van der Waals surface area contributed by atoms with Crippen molar-refractivity contribution in [2.24, 2.45) is 11.3 Å². The summed E-state index contributed by atoms with van der Waals surface area (Å²) in [5, 5.41) is 7.97. The largest absolute Gasteiger partial charge is 0.311 e. The Bertz CT molecular complexity index is 835. The summed E-state index contributed by atoms with van der Waals surface area (Å²) in [6, 6.07) is 8.19. The highest BCUT2D eigenvalue weighted by molar-refractivity contribution is 5.90. The molecule has 1 N–H and O–H groups in total. The number of hydrogen-bond donors (Lipinski definition) is 1. The lowest BCUT2D eigenvalue weighted by molar-refractivity contribution is -0.117. The van der Waals surface area contributed by atoms with Crippen LogP contribution in [0.2, 0.25) is 0 Å². The van der Waals surface area contributed by atoms with Crippen LogP contribution in [0, 0.1) is 25.2 Å². The third-order valence-corrected chi connectivity index (χ3v) is 5.04. The van der Waals surface area contributed by atoms with Gasteiger partial charge in [0.15, 0.2) is 0 Å². The Morgan fingerprint density at radius 3 is 2.36 bits per heavy atom. The van der Waals surface area contributed by atoms with Gasteiger partial charge in [0, 0.05) is 17.9 Å². The number of nitrogens with zero attached hydrogens (tertiary/aromatic N) is 2. The minimum atomic E-state index is -0.0953. The lowest BCUT2D eigenvalue weighted by Crippen LogP contribution is -2.20. The molecule has 1 amide bonds. The third-order valence-electron chi connectivity index (χ3n) is 5.04. The van der Waals surface area contributed by atoms with Crippen LogP contribution in [0.25, 0.3) is 5.69 Å². The molecule has 28 heavy (non-hydrogen) atoms. The fourth-order valence-corrected chi connectivity index (χ4v) is 3.61. The van der Waals surface area contributed by atoms with Crippen LogP contribution < -0.4 is 5.32 Å².